The van der Waals surface area contributed by atoms with Gasteiger partial charge in [0.05, 0.1) is 6.61 Å². The molecule has 0 fully saturated rings. The molecule has 0 heterocycles. The number of hydrogen-bond donors (Lipinski definition) is 1. The molecule has 0 aliphatic carbocycles. The fraction of sp³-hybridized carbons (Fsp3) is 0.950. The zero-order chi connectivity index (χ0) is 17.0. The van der Waals surface area contributed by atoms with Gasteiger partial charge in [-0.15, -0.1) is 0 Å². The molecular formula is C20H41NO2. The Morgan fingerprint density at radius 2 is 1.09 bits per heavy atom. The van der Waals surface area contributed by atoms with Crippen LogP contribution in [0.4, 0.5) is 4.79 Å². The van der Waals surface area contributed by atoms with E-state index in [0.717, 1.165) is 19.4 Å². The van der Waals surface area contributed by atoms with Crippen LogP contribution in [-0.4, -0.2) is 19.2 Å². The number of alkyl carbamates (subject to hydrolysis) is 1. The summed E-state index contributed by atoms with van der Waals surface area (Å²) in [6.45, 7) is 5.81. The molecule has 0 saturated heterocycles. The van der Waals surface area contributed by atoms with Gasteiger partial charge in [-0.25, -0.2) is 4.79 Å². The fourth-order valence-electron chi connectivity index (χ4n) is 2.72. The number of carbonyl (C=O) groups excluding carboxylic acids is 1. The van der Waals surface area contributed by atoms with Crippen molar-refractivity contribution in [3.63, 3.8) is 0 Å². The molecule has 3 heteroatoms. The third-order valence-corrected chi connectivity index (χ3v) is 4.28. The zero-order valence-electron chi connectivity index (χ0n) is 15.8. The Hall–Kier alpha value is -0.730. The normalized spacial score (nSPS) is 10.7. The van der Waals surface area contributed by atoms with Gasteiger partial charge in [-0.2, -0.15) is 0 Å². The summed E-state index contributed by atoms with van der Waals surface area (Å²) >= 11 is 0. The SMILES string of the molecule is CCCCCCCCCCOC(=O)NCCCCCCCCC. The molecule has 0 aromatic heterocycles. The summed E-state index contributed by atoms with van der Waals surface area (Å²) in [5, 5.41) is 2.85. The van der Waals surface area contributed by atoms with E-state index >= 15 is 0 Å². The van der Waals surface area contributed by atoms with Crippen LogP contribution in [0.1, 0.15) is 110 Å². The Kier molecular flexibility index (Phi) is 18.7. The minimum absolute atomic E-state index is 0.237. The first-order chi connectivity index (χ1) is 11.3. The maximum absolute atomic E-state index is 11.5. The van der Waals surface area contributed by atoms with Gasteiger partial charge < -0.3 is 10.1 Å². The van der Waals surface area contributed by atoms with Crippen molar-refractivity contribution in [3.05, 3.63) is 0 Å². The summed E-state index contributed by atoms with van der Waals surface area (Å²) in [6, 6.07) is 0. The van der Waals surface area contributed by atoms with Crippen molar-refractivity contribution in [1.82, 2.24) is 5.32 Å². The molecule has 0 atom stereocenters. The first kappa shape index (κ1) is 22.3. The van der Waals surface area contributed by atoms with Crippen LogP contribution in [0.15, 0.2) is 0 Å². The highest BCUT2D eigenvalue weighted by molar-refractivity contribution is 5.66. The number of nitrogens with one attached hydrogen (secondary N) is 1. The summed E-state index contributed by atoms with van der Waals surface area (Å²) < 4.78 is 5.20. The van der Waals surface area contributed by atoms with Crippen LogP contribution in [0.5, 0.6) is 0 Å². The summed E-state index contributed by atoms with van der Waals surface area (Å²) in [4.78, 5) is 11.5. The minimum Gasteiger partial charge on any atom is -0.450 e. The Morgan fingerprint density at radius 3 is 1.61 bits per heavy atom. The molecule has 0 bridgehead atoms. The number of rotatable bonds is 17. The van der Waals surface area contributed by atoms with E-state index in [1.165, 1.54) is 83.5 Å². The maximum atomic E-state index is 11.5. The molecule has 0 rings (SSSR count). The first-order valence-corrected chi connectivity index (χ1v) is 10.2. The van der Waals surface area contributed by atoms with Crippen molar-refractivity contribution in [3.8, 4) is 0 Å². The zero-order valence-corrected chi connectivity index (χ0v) is 15.8. The van der Waals surface area contributed by atoms with Crippen molar-refractivity contribution >= 4 is 6.09 Å². The van der Waals surface area contributed by atoms with Crippen molar-refractivity contribution in [2.45, 2.75) is 110 Å². The van der Waals surface area contributed by atoms with Crippen molar-refractivity contribution in [2.24, 2.45) is 0 Å². The van der Waals surface area contributed by atoms with Gasteiger partial charge in [0.25, 0.3) is 0 Å². The Balaban J connectivity index is 3.13. The van der Waals surface area contributed by atoms with E-state index in [9.17, 15) is 4.79 Å². The van der Waals surface area contributed by atoms with Gasteiger partial charge in [-0.05, 0) is 12.8 Å². The lowest BCUT2D eigenvalue weighted by atomic mass is 10.1. The first-order valence-electron chi connectivity index (χ1n) is 10.2. The van der Waals surface area contributed by atoms with Crippen molar-refractivity contribution in [1.29, 1.82) is 0 Å². The Bertz CT molecular complexity index is 244. The predicted octanol–water partition coefficient (Wildman–Crippen LogP) is 6.60. The van der Waals surface area contributed by atoms with Gasteiger partial charge >= 0.3 is 6.09 Å². The second kappa shape index (κ2) is 19.3. The second-order valence-corrected chi connectivity index (χ2v) is 6.66. The third-order valence-electron chi connectivity index (χ3n) is 4.28. The standard InChI is InChI=1S/C20H41NO2/c1-3-5-7-9-11-13-15-17-19-23-20(22)21-18-16-14-12-10-8-6-4-2/h3-19H2,1-2H3,(H,21,22). The average Bonchev–Trinajstić information content (AvgIpc) is 2.56. The van der Waals surface area contributed by atoms with E-state index in [-0.39, 0.29) is 6.09 Å². The lowest BCUT2D eigenvalue weighted by Gasteiger charge is -2.07. The van der Waals surface area contributed by atoms with E-state index in [1.807, 2.05) is 0 Å². The minimum atomic E-state index is -0.237. The predicted molar refractivity (Wildman–Crippen MR) is 100.0 cm³/mol. The van der Waals surface area contributed by atoms with Crippen LogP contribution in [-0.2, 0) is 4.74 Å². The highest BCUT2D eigenvalue weighted by atomic mass is 16.5. The van der Waals surface area contributed by atoms with Gasteiger partial charge in [-0.3, -0.25) is 0 Å². The molecule has 0 unspecified atom stereocenters. The van der Waals surface area contributed by atoms with E-state index in [2.05, 4.69) is 19.2 Å². The van der Waals surface area contributed by atoms with E-state index in [4.69, 9.17) is 4.74 Å². The van der Waals surface area contributed by atoms with Crippen LogP contribution in [0, 0.1) is 0 Å². The number of amides is 1. The van der Waals surface area contributed by atoms with E-state index < -0.39 is 0 Å². The molecular weight excluding hydrogens is 286 g/mol. The summed E-state index contributed by atoms with van der Waals surface area (Å²) in [6.07, 6.45) is 18.8. The molecule has 23 heavy (non-hydrogen) atoms. The lowest BCUT2D eigenvalue weighted by molar-refractivity contribution is 0.143. The molecule has 0 spiro atoms. The second-order valence-electron chi connectivity index (χ2n) is 6.66. The number of hydrogen-bond acceptors (Lipinski definition) is 2. The Morgan fingerprint density at radius 1 is 0.652 bits per heavy atom. The largest absolute Gasteiger partial charge is 0.450 e. The molecule has 138 valence electrons. The molecule has 0 aromatic rings. The quantitative estimate of drug-likeness (QED) is 0.305. The number of unbranched alkanes of at least 4 members (excludes halogenated alkanes) is 13. The van der Waals surface area contributed by atoms with E-state index in [0.29, 0.717) is 6.61 Å². The topological polar surface area (TPSA) is 38.3 Å². The Labute approximate surface area is 144 Å². The summed E-state index contributed by atoms with van der Waals surface area (Å²) in [7, 11) is 0. The van der Waals surface area contributed by atoms with Crippen LogP contribution in [0.25, 0.3) is 0 Å². The van der Waals surface area contributed by atoms with Crippen molar-refractivity contribution in [2.75, 3.05) is 13.2 Å². The van der Waals surface area contributed by atoms with Crippen LogP contribution in [0.2, 0.25) is 0 Å². The number of ether oxygens (including phenoxy) is 1. The van der Waals surface area contributed by atoms with Crippen LogP contribution >= 0.6 is 0 Å². The monoisotopic (exact) mass is 327 g/mol. The van der Waals surface area contributed by atoms with Gasteiger partial charge in [-0.1, -0.05) is 97.3 Å². The molecule has 1 amide bonds. The van der Waals surface area contributed by atoms with Gasteiger partial charge in [0, 0.05) is 6.54 Å². The van der Waals surface area contributed by atoms with E-state index in [1.54, 1.807) is 0 Å². The highest BCUT2D eigenvalue weighted by Crippen LogP contribution is 2.08. The molecule has 0 aliphatic rings. The summed E-state index contributed by atoms with van der Waals surface area (Å²) in [5.41, 5.74) is 0. The smallest absolute Gasteiger partial charge is 0.407 e. The van der Waals surface area contributed by atoms with Crippen molar-refractivity contribution < 1.29 is 9.53 Å². The van der Waals surface area contributed by atoms with Crippen LogP contribution in [0.3, 0.4) is 0 Å². The maximum Gasteiger partial charge on any atom is 0.407 e. The molecule has 1 N–H and O–H groups in total. The molecule has 0 radical (unpaired) electrons. The fourth-order valence-corrected chi connectivity index (χ4v) is 2.72. The third kappa shape index (κ3) is 19.2. The summed E-state index contributed by atoms with van der Waals surface area (Å²) in [5.74, 6) is 0. The molecule has 0 aliphatic heterocycles. The molecule has 0 aromatic carbocycles. The highest BCUT2D eigenvalue weighted by Gasteiger charge is 2.00. The van der Waals surface area contributed by atoms with Gasteiger partial charge in [0.1, 0.15) is 0 Å². The van der Waals surface area contributed by atoms with Gasteiger partial charge in [0.2, 0.25) is 0 Å². The van der Waals surface area contributed by atoms with Gasteiger partial charge in [0.15, 0.2) is 0 Å². The molecule has 0 saturated carbocycles. The van der Waals surface area contributed by atoms with Crippen LogP contribution < -0.4 is 5.32 Å². The molecule has 3 nitrogen and oxygen atoms in total. The average molecular weight is 328 g/mol. The number of carbonyl (C=O) groups is 1. The lowest BCUT2D eigenvalue weighted by Crippen LogP contribution is -2.25.